The molecule has 0 heterocycles. The number of aromatic hydroxyl groups is 1. The van der Waals surface area contributed by atoms with Crippen molar-refractivity contribution in [3.8, 4) is 5.75 Å². The third kappa shape index (κ3) is 7.17. The zero-order chi connectivity index (χ0) is 15.2. The van der Waals surface area contributed by atoms with Crippen LogP contribution in [0.3, 0.4) is 0 Å². The molecule has 1 rings (SSSR count). The lowest BCUT2D eigenvalue weighted by Crippen LogP contribution is -2.28. The van der Waals surface area contributed by atoms with Crippen LogP contribution in [0.1, 0.15) is 46.1 Å². The van der Waals surface area contributed by atoms with Gasteiger partial charge in [0.2, 0.25) is 5.91 Å². The summed E-state index contributed by atoms with van der Waals surface area (Å²) in [5.41, 5.74) is 1.39. The molecule has 0 aliphatic rings. The molecule has 1 aromatic rings. The smallest absolute Gasteiger partial charge is 0.220 e. The molecule has 0 aliphatic carbocycles. The summed E-state index contributed by atoms with van der Waals surface area (Å²) in [7, 11) is 0. The fourth-order valence-electron chi connectivity index (χ4n) is 2.52. The molecule has 0 saturated heterocycles. The first-order valence-corrected chi connectivity index (χ1v) is 7.31. The molecule has 3 heteroatoms. The van der Waals surface area contributed by atoms with Gasteiger partial charge in [-0.25, -0.2) is 0 Å². The lowest BCUT2D eigenvalue weighted by molar-refractivity contribution is -0.122. The number of amides is 1. The van der Waals surface area contributed by atoms with Crippen LogP contribution in [-0.4, -0.2) is 17.6 Å². The van der Waals surface area contributed by atoms with Gasteiger partial charge in [-0.3, -0.25) is 4.79 Å². The molecule has 1 aromatic carbocycles. The first kappa shape index (κ1) is 16.5. The fourth-order valence-corrected chi connectivity index (χ4v) is 2.52. The Morgan fingerprint density at radius 1 is 1.25 bits per heavy atom. The minimum Gasteiger partial charge on any atom is -0.508 e. The molecule has 0 aliphatic heterocycles. The maximum atomic E-state index is 11.8. The van der Waals surface area contributed by atoms with Crippen LogP contribution < -0.4 is 5.32 Å². The second-order valence-electron chi connectivity index (χ2n) is 6.84. The van der Waals surface area contributed by atoms with Crippen molar-refractivity contribution >= 4 is 5.91 Å². The van der Waals surface area contributed by atoms with Crippen molar-refractivity contribution in [1.29, 1.82) is 0 Å². The van der Waals surface area contributed by atoms with Gasteiger partial charge in [-0.05, 0) is 41.9 Å². The molecule has 0 fully saturated rings. The average Bonchev–Trinajstić information content (AvgIpc) is 2.29. The minimum atomic E-state index is 0.125. The number of hydrogen-bond donors (Lipinski definition) is 2. The molecule has 3 nitrogen and oxygen atoms in total. The molecule has 112 valence electrons. The van der Waals surface area contributed by atoms with Crippen molar-refractivity contribution in [3.05, 3.63) is 29.8 Å². The van der Waals surface area contributed by atoms with Crippen molar-refractivity contribution in [2.24, 2.45) is 11.3 Å². The van der Waals surface area contributed by atoms with Crippen molar-refractivity contribution in [3.63, 3.8) is 0 Å². The van der Waals surface area contributed by atoms with Gasteiger partial charge in [-0.15, -0.1) is 0 Å². The number of carbonyl (C=O) groups is 1. The highest BCUT2D eigenvalue weighted by Crippen LogP contribution is 2.25. The minimum absolute atomic E-state index is 0.125. The van der Waals surface area contributed by atoms with Gasteiger partial charge in [0, 0.05) is 13.0 Å². The molecule has 2 N–H and O–H groups in total. The number of phenols is 1. The van der Waals surface area contributed by atoms with E-state index >= 15 is 0 Å². The van der Waals surface area contributed by atoms with Gasteiger partial charge in [0.25, 0.3) is 0 Å². The molecule has 0 bridgehead atoms. The Bertz CT molecular complexity index is 418. The van der Waals surface area contributed by atoms with Crippen LogP contribution in [0.5, 0.6) is 5.75 Å². The number of carbonyl (C=O) groups excluding carboxylic acids is 1. The third-order valence-electron chi connectivity index (χ3n) is 3.17. The third-order valence-corrected chi connectivity index (χ3v) is 3.17. The molecule has 0 spiro atoms. The van der Waals surface area contributed by atoms with Crippen LogP contribution in [-0.2, 0) is 11.2 Å². The number of phenolic OH excluding ortho intramolecular Hbond substituents is 1. The average molecular weight is 277 g/mol. The van der Waals surface area contributed by atoms with Gasteiger partial charge in [-0.1, -0.05) is 39.8 Å². The summed E-state index contributed by atoms with van der Waals surface area (Å²) >= 11 is 0. The lowest BCUT2D eigenvalue weighted by Gasteiger charge is -2.22. The van der Waals surface area contributed by atoms with E-state index in [2.05, 4.69) is 33.0 Å². The van der Waals surface area contributed by atoms with Crippen molar-refractivity contribution < 1.29 is 9.90 Å². The lowest BCUT2D eigenvalue weighted by atomic mass is 9.84. The number of benzene rings is 1. The number of hydrogen-bond acceptors (Lipinski definition) is 2. The Morgan fingerprint density at radius 2 is 1.85 bits per heavy atom. The van der Waals surface area contributed by atoms with E-state index in [1.807, 2.05) is 12.1 Å². The molecular formula is C17H27NO2. The number of rotatable bonds is 6. The summed E-state index contributed by atoms with van der Waals surface area (Å²) in [6.45, 7) is 9.38. The first-order valence-electron chi connectivity index (χ1n) is 7.31. The maximum absolute atomic E-state index is 11.8. The van der Waals surface area contributed by atoms with Crippen LogP contribution in [0.25, 0.3) is 0 Å². The Kier molecular flexibility index (Phi) is 6.05. The van der Waals surface area contributed by atoms with Crippen LogP contribution in [0, 0.1) is 11.3 Å². The number of nitrogens with one attached hydrogen (secondary N) is 1. The van der Waals surface area contributed by atoms with Gasteiger partial charge in [0.05, 0.1) is 0 Å². The summed E-state index contributed by atoms with van der Waals surface area (Å²) in [5.74, 6) is 0.804. The highest BCUT2D eigenvalue weighted by Gasteiger charge is 2.17. The standard InChI is InChI=1S/C17H27NO2/c1-13(12-17(2,3)4)11-16(20)18-10-9-14-5-7-15(19)8-6-14/h5-8,13,19H,9-12H2,1-4H3,(H,18,20). The second kappa shape index (κ2) is 7.32. The van der Waals surface area contributed by atoms with E-state index in [0.717, 1.165) is 18.4 Å². The predicted octanol–water partition coefficient (Wildman–Crippen LogP) is 3.51. The summed E-state index contributed by atoms with van der Waals surface area (Å²) < 4.78 is 0. The van der Waals surface area contributed by atoms with E-state index in [9.17, 15) is 9.90 Å². The van der Waals surface area contributed by atoms with Crippen LogP contribution in [0.2, 0.25) is 0 Å². The fraction of sp³-hybridized carbons (Fsp3) is 0.588. The van der Waals surface area contributed by atoms with E-state index < -0.39 is 0 Å². The molecule has 1 atom stereocenters. The van der Waals surface area contributed by atoms with Crippen LogP contribution >= 0.6 is 0 Å². The molecule has 0 aromatic heterocycles. The Labute approximate surface area is 122 Å². The Hall–Kier alpha value is -1.51. The van der Waals surface area contributed by atoms with E-state index in [1.165, 1.54) is 0 Å². The van der Waals surface area contributed by atoms with Gasteiger partial charge in [-0.2, -0.15) is 0 Å². The summed E-state index contributed by atoms with van der Waals surface area (Å²) in [5, 5.41) is 12.2. The molecule has 1 unspecified atom stereocenters. The van der Waals surface area contributed by atoms with E-state index in [4.69, 9.17) is 0 Å². The normalized spacial score (nSPS) is 13.0. The van der Waals surface area contributed by atoms with Gasteiger partial charge < -0.3 is 10.4 Å². The summed E-state index contributed by atoms with van der Waals surface area (Å²) in [6.07, 6.45) is 2.44. The van der Waals surface area contributed by atoms with Crippen molar-refractivity contribution in [1.82, 2.24) is 5.32 Å². The zero-order valence-corrected chi connectivity index (χ0v) is 13.1. The van der Waals surface area contributed by atoms with Crippen molar-refractivity contribution in [2.75, 3.05) is 6.54 Å². The van der Waals surface area contributed by atoms with Gasteiger partial charge in [0.15, 0.2) is 0 Å². The molecule has 0 radical (unpaired) electrons. The van der Waals surface area contributed by atoms with E-state index in [-0.39, 0.29) is 17.1 Å². The van der Waals surface area contributed by atoms with Gasteiger partial charge >= 0.3 is 0 Å². The predicted molar refractivity (Wildman–Crippen MR) is 82.7 cm³/mol. The maximum Gasteiger partial charge on any atom is 0.220 e. The van der Waals surface area contributed by atoms with E-state index in [1.54, 1.807) is 12.1 Å². The zero-order valence-electron chi connectivity index (χ0n) is 13.1. The van der Waals surface area contributed by atoms with E-state index in [0.29, 0.717) is 18.9 Å². The van der Waals surface area contributed by atoms with Crippen LogP contribution in [0.4, 0.5) is 0 Å². The monoisotopic (exact) mass is 277 g/mol. The highest BCUT2D eigenvalue weighted by molar-refractivity contribution is 5.76. The first-order chi connectivity index (χ1) is 9.26. The van der Waals surface area contributed by atoms with Crippen LogP contribution in [0.15, 0.2) is 24.3 Å². The highest BCUT2D eigenvalue weighted by atomic mass is 16.3. The Balaban J connectivity index is 2.25. The molecule has 1 amide bonds. The molecule has 20 heavy (non-hydrogen) atoms. The summed E-state index contributed by atoms with van der Waals surface area (Å²) in [4.78, 5) is 11.8. The van der Waals surface area contributed by atoms with Crippen molar-refractivity contribution in [2.45, 2.75) is 47.0 Å². The quantitative estimate of drug-likeness (QED) is 0.836. The Morgan fingerprint density at radius 3 is 2.40 bits per heavy atom. The second-order valence-corrected chi connectivity index (χ2v) is 6.84. The van der Waals surface area contributed by atoms with Gasteiger partial charge in [0.1, 0.15) is 5.75 Å². The topological polar surface area (TPSA) is 49.3 Å². The molecular weight excluding hydrogens is 250 g/mol. The molecule has 0 saturated carbocycles. The largest absolute Gasteiger partial charge is 0.508 e. The SMILES string of the molecule is CC(CC(=O)NCCc1ccc(O)cc1)CC(C)(C)C. The summed E-state index contributed by atoms with van der Waals surface area (Å²) in [6, 6.07) is 7.10.